The maximum Gasteiger partial charge on any atom is 0.238 e. The monoisotopic (exact) mass is 308 g/mol. The Bertz CT molecular complexity index is 773. The van der Waals surface area contributed by atoms with Crippen molar-refractivity contribution in [1.29, 1.82) is 0 Å². The van der Waals surface area contributed by atoms with Gasteiger partial charge in [-0.15, -0.1) is 0 Å². The van der Waals surface area contributed by atoms with Crippen LogP contribution < -0.4 is 10.5 Å². The fraction of sp³-hybridized carbons (Fsp3) is 0.143. The van der Waals surface area contributed by atoms with Gasteiger partial charge in [-0.05, 0) is 30.7 Å². The number of phenols is 2. The number of phenolic OH excluding ortho intramolecular Hbond substituents is 2. The maximum atomic E-state index is 11.3. The van der Waals surface area contributed by atoms with Gasteiger partial charge in [-0.25, -0.2) is 13.6 Å². The zero-order valence-corrected chi connectivity index (χ0v) is 12.2. The van der Waals surface area contributed by atoms with Gasteiger partial charge in [0, 0.05) is 17.8 Å². The highest BCUT2D eigenvalue weighted by Gasteiger charge is 2.11. The number of anilines is 1. The number of aryl methyl sites for hydroxylation is 1. The van der Waals surface area contributed by atoms with E-state index in [1.54, 1.807) is 18.2 Å². The van der Waals surface area contributed by atoms with E-state index in [4.69, 9.17) is 5.14 Å². The molecule has 0 saturated heterocycles. The lowest BCUT2D eigenvalue weighted by molar-refractivity contribution is 0.400. The second-order valence-electron chi connectivity index (χ2n) is 4.66. The molecule has 0 saturated carbocycles. The number of sulfonamides is 1. The fourth-order valence-corrected chi connectivity index (χ4v) is 2.42. The Morgan fingerprint density at radius 2 is 1.90 bits per heavy atom. The highest BCUT2D eigenvalue weighted by atomic mass is 32.2. The molecule has 0 radical (unpaired) electrons. The van der Waals surface area contributed by atoms with Crippen LogP contribution in [0.3, 0.4) is 0 Å². The molecule has 0 fully saturated rings. The van der Waals surface area contributed by atoms with Gasteiger partial charge in [-0.3, -0.25) is 0 Å². The first-order valence-electron chi connectivity index (χ1n) is 6.16. The number of hydrogen-bond donors (Lipinski definition) is 4. The second kappa shape index (κ2) is 5.63. The lowest BCUT2D eigenvalue weighted by Gasteiger charge is -2.12. The summed E-state index contributed by atoms with van der Waals surface area (Å²) >= 11 is 0. The Morgan fingerprint density at radius 1 is 1.19 bits per heavy atom. The third kappa shape index (κ3) is 3.45. The molecule has 0 atom stereocenters. The lowest BCUT2D eigenvalue weighted by Crippen LogP contribution is -2.13. The first-order chi connectivity index (χ1) is 9.79. The van der Waals surface area contributed by atoms with Crippen LogP contribution in [0.2, 0.25) is 0 Å². The molecule has 2 aromatic carbocycles. The molecule has 0 aliphatic heterocycles. The molecule has 0 aliphatic carbocycles. The van der Waals surface area contributed by atoms with Crippen LogP contribution in [0.1, 0.15) is 11.1 Å². The van der Waals surface area contributed by atoms with Crippen molar-refractivity contribution in [2.24, 2.45) is 5.14 Å². The average molecular weight is 308 g/mol. The topological polar surface area (TPSA) is 113 Å². The summed E-state index contributed by atoms with van der Waals surface area (Å²) in [5.41, 5.74) is 1.92. The van der Waals surface area contributed by atoms with Crippen LogP contribution in [0.5, 0.6) is 11.5 Å². The molecule has 0 heterocycles. The molecule has 0 unspecified atom stereocenters. The van der Waals surface area contributed by atoms with Gasteiger partial charge in [0.15, 0.2) is 11.5 Å². The van der Waals surface area contributed by atoms with Gasteiger partial charge in [0.05, 0.1) is 4.90 Å². The fourth-order valence-electron chi connectivity index (χ4n) is 1.88. The molecule has 5 N–H and O–H groups in total. The van der Waals surface area contributed by atoms with Crippen LogP contribution in [-0.4, -0.2) is 18.6 Å². The van der Waals surface area contributed by atoms with Crippen molar-refractivity contribution in [1.82, 2.24) is 0 Å². The van der Waals surface area contributed by atoms with Crippen molar-refractivity contribution in [3.8, 4) is 11.5 Å². The number of aromatic hydroxyl groups is 2. The Morgan fingerprint density at radius 3 is 2.57 bits per heavy atom. The first-order valence-corrected chi connectivity index (χ1v) is 7.71. The highest BCUT2D eigenvalue weighted by molar-refractivity contribution is 7.89. The quantitative estimate of drug-likeness (QED) is 0.642. The molecule has 0 spiro atoms. The molecule has 0 aliphatic rings. The van der Waals surface area contributed by atoms with Gasteiger partial charge < -0.3 is 15.5 Å². The normalized spacial score (nSPS) is 11.3. The minimum atomic E-state index is -3.77. The highest BCUT2D eigenvalue weighted by Crippen LogP contribution is 2.29. The average Bonchev–Trinajstić information content (AvgIpc) is 2.40. The number of hydrogen-bond acceptors (Lipinski definition) is 5. The summed E-state index contributed by atoms with van der Waals surface area (Å²) in [5.74, 6) is -0.408. The Labute approximate surface area is 122 Å². The second-order valence-corrected chi connectivity index (χ2v) is 6.22. The van der Waals surface area contributed by atoms with E-state index < -0.39 is 10.0 Å². The number of primary sulfonamides is 1. The maximum absolute atomic E-state index is 11.3. The molecular weight excluding hydrogens is 292 g/mol. The molecule has 112 valence electrons. The van der Waals surface area contributed by atoms with Crippen molar-refractivity contribution in [3.05, 3.63) is 47.5 Å². The number of rotatable bonds is 4. The Balaban J connectivity index is 2.26. The Kier molecular flexibility index (Phi) is 4.06. The predicted octanol–water partition coefficient (Wildman–Crippen LogP) is 1.67. The van der Waals surface area contributed by atoms with Gasteiger partial charge in [-0.2, -0.15) is 0 Å². The van der Waals surface area contributed by atoms with E-state index in [0.717, 1.165) is 5.56 Å². The number of benzene rings is 2. The van der Waals surface area contributed by atoms with Gasteiger partial charge >= 0.3 is 0 Å². The van der Waals surface area contributed by atoms with Crippen LogP contribution in [0, 0.1) is 6.92 Å². The third-order valence-corrected chi connectivity index (χ3v) is 4.02. The van der Waals surface area contributed by atoms with Gasteiger partial charge in [0.1, 0.15) is 0 Å². The Hall–Kier alpha value is -2.25. The largest absolute Gasteiger partial charge is 0.504 e. The summed E-state index contributed by atoms with van der Waals surface area (Å²) in [6.07, 6.45) is 0. The van der Waals surface area contributed by atoms with Crippen molar-refractivity contribution in [2.75, 3.05) is 5.32 Å². The summed E-state index contributed by atoms with van der Waals surface area (Å²) in [5, 5.41) is 27.3. The molecule has 2 aromatic rings. The number of nitrogens with one attached hydrogen (secondary N) is 1. The first kappa shape index (κ1) is 15.1. The SMILES string of the molecule is Cc1ccc(S(N)(=O)=O)cc1NCc1cccc(O)c1O. The summed E-state index contributed by atoms with van der Waals surface area (Å²) in [4.78, 5) is 0.00994. The summed E-state index contributed by atoms with van der Waals surface area (Å²) in [6.45, 7) is 2.05. The van der Waals surface area contributed by atoms with E-state index >= 15 is 0 Å². The smallest absolute Gasteiger partial charge is 0.238 e. The van der Waals surface area contributed by atoms with Gasteiger partial charge in [-0.1, -0.05) is 18.2 Å². The number of nitrogens with two attached hydrogens (primary N) is 1. The summed E-state index contributed by atoms with van der Waals surface area (Å²) in [7, 11) is -3.77. The van der Waals surface area contributed by atoms with Crippen molar-refractivity contribution in [2.45, 2.75) is 18.4 Å². The van der Waals surface area contributed by atoms with E-state index in [-0.39, 0.29) is 22.9 Å². The third-order valence-electron chi connectivity index (χ3n) is 3.11. The van der Waals surface area contributed by atoms with Crippen molar-refractivity contribution in [3.63, 3.8) is 0 Å². The molecule has 2 rings (SSSR count). The molecule has 0 amide bonds. The minimum Gasteiger partial charge on any atom is -0.504 e. The molecular formula is C14H16N2O4S. The van der Waals surface area contributed by atoms with Crippen LogP contribution in [0.4, 0.5) is 5.69 Å². The van der Waals surface area contributed by atoms with E-state index in [1.165, 1.54) is 18.2 Å². The van der Waals surface area contributed by atoms with Crippen LogP contribution in [0.15, 0.2) is 41.3 Å². The van der Waals surface area contributed by atoms with E-state index in [1.807, 2.05) is 6.92 Å². The lowest BCUT2D eigenvalue weighted by atomic mass is 10.1. The van der Waals surface area contributed by atoms with E-state index in [0.29, 0.717) is 11.3 Å². The van der Waals surface area contributed by atoms with Gasteiger partial charge in [0.25, 0.3) is 0 Å². The standard InChI is InChI=1S/C14H16N2O4S/c1-9-5-6-11(21(15,19)20)7-12(9)16-8-10-3-2-4-13(17)14(10)18/h2-7,16-18H,8H2,1H3,(H2,15,19,20). The minimum absolute atomic E-state index is 0.00994. The van der Waals surface area contributed by atoms with Crippen LogP contribution in [-0.2, 0) is 16.6 Å². The zero-order chi connectivity index (χ0) is 15.6. The van der Waals surface area contributed by atoms with Crippen LogP contribution in [0.25, 0.3) is 0 Å². The van der Waals surface area contributed by atoms with Gasteiger partial charge in [0.2, 0.25) is 10.0 Å². The summed E-state index contributed by atoms with van der Waals surface area (Å²) in [6, 6.07) is 9.16. The van der Waals surface area contributed by atoms with Crippen LogP contribution >= 0.6 is 0 Å². The predicted molar refractivity (Wildman–Crippen MR) is 79.7 cm³/mol. The van der Waals surface area contributed by atoms with Crippen molar-refractivity contribution >= 4 is 15.7 Å². The molecule has 21 heavy (non-hydrogen) atoms. The zero-order valence-electron chi connectivity index (χ0n) is 11.4. The molecule has 0 bridgehead atoms. The van der Waals surface area contributed by atoms with E-state index in [2.05, 4.69) is 5.32 Å². The molecule has 0 aromatic heterocycles. The van der Waals surface area contributed by atoms with Crippen molar-refractivity contribution < 1.29 is 18.6 Å². The number of para-hydroxylation sites is 1. The molecule has 7 heteroatoms. The summed E-state index contributed by atoms with van der Waals surface area (Å²) < 4.78 is 22.7. The van der Waals surface area contributed by atoms with E-state index in [9.17, 15) is 18.6 Å². The molecule has 6 nitrogen and oxygen atoms in total.